The van der Waals surface area contributed by atoms with Crippen molar-refractivity contribution in [1.29, 1.82) is 0 Å². The van der Waals surface area contributed by atoms with Crippen molar-refractivity contribution in [3.05, 3.63) is 0 Å². The van der Waals surface area contributed by atoms with E-state index in [0.717, 1.165) is 36.2 Å². The molecule has 270 valence electrons. The molecule has 0 aromatic rings. The normalized spacial score (nSPS) is 17.2. The third-order valence-electron chi connectivity index (χ3n) is 7.18. The van der Waals surface area contributed by atoms with Crippen LogP contribution in [0.1, 0.15) is 77.0 Å². The first-order valence-corrected chi connectivity index (χ1v) is 19.1. The van der Waals surface area contributed by atoms with Crippen molar-refractivity contribution in [1.82, 2.24) is 20.9 Å². The molecule has 8 N–H and O–H groups in total. The molecule has 6 amide bonds. The Balaban J connectivity index is 2.40. The Morgan fingerprint density at radius 1 is 0.979 bits per heavy atom. The second-order valence-electron chi connectivity index (χ2n) is 11.4. The molecule has 1 aliphatic heterocycles. The Labute approximate surface area is 281 Å². The predicted octanol–water partition coefficient (Wildman–Crippen LogP) is 0.146. The van der Waals surface area contributed by atoms with Crippen LogP contribution in [-0.4, -0.2) is 115 Å². The van der Waals surface area contributed by atoms with Crippen LogP contribution in [0.25, 0.3) is 0 Å². The highest BCUT2D eigenvalue weighted by Gasteiger charge is 2.38. The van der Waals surface area contributed by atoms with Gasteiger partial charge in [0, 0.05) is 65.0 Å². The lowest BCUT2D eigenvalue weighted by Gasteiger charge is -2.19. The molecule has 4 atom stereocenters. The zero-order valence-electron chi connectivity index (χ0n) is 27.5. The van der Waals surface area contributed by atoms with Gasteiger partial charge in [-0.25, -0.2) is 0 Å². The lowest BCUT2D eigenvalue weighted by atomic mass is 10.1. The van der Waals surface area contributed by atoms with Gasteiger partial charge in [-0.15, -0.1) is 11.8 Å². The van der Waals surface area contributed by atoms with E-state index in [0.29, 0.717) is 64.6 Å². The van der Waals surface area contributed by atoms with Crippen molar-refractivity contribution < 1.29 is 47.5 Å². The minimum Gasteiger partial charge on any atom is -0.385 e. The Morgan fingerprint density at radius 2 is 1.64 bits per heavy atom. The number of thioether (sulfide) groups is 1. The average molecular weight is 709 g/mol. The second-order valence-corrected chi connectivity index (χ2v) is 14.5. The topological polar surface area (TPSA) is 250 Å². The number of carbonyl (C=O) groups is 6. The van der Waals surface area contributed by atoms with Gasteiger partial charge in [0.05, 0.1) is 17.9 Å². The number of rotatable bonds is 27. The van der Waals surface area contributed by atoms with Gasteiger partial charge in [0.2, 0.25) is 35.4 Å². The maximum absolute atomic E-state index is 12.8. The zero-order chi connectivity index (χ0) is 35.2. The summed E-state index contributed by atoms with van der Waals surface area (Å²) in [5, 5.41) is 7.78. The monoisotopic (exact) mass is 708 g/mol. The van der Waals surface area contributed by atoms with Gasteiger partial charge in [-0.1, -0.05) is 6.42 Å². The van der Waals surface area contributed by atoms with E-state index in [1.165, 1.54) is 0 Å². The molecule has 0 bridgehead atoms. The highest BCUT2D eigenvalue weighted by molar-refractivity contribution is 8.00. The Kier molecular flexibility index (Phi) is 21.4. The van der Waals surface area contributed by atoms with Gasteiger partial charge >= 0.3 is 7.60 Å². The molecule has 0 saturated carbocycles. The fraction of sp³-hybridized carbons (Fsp3) is 0.793. The van der Waals surface area contributed by atoms with Gasteiger partial charge < -0.3 is 41.6 Å². The summed E-state index contributed by atoms with van der Waals surface area (Å²) in [5.41, 5.74) is 10.7. The minimum absolute atomic E-state index is 0.0116. The number of amides is 6. The largest absolute Gasteiger partial charge is 0.385 e. The van der Waals surface area contributed by atoms with Crippen molar-refractivity contribution in [3.8, 4) is 0 Å². The molecule has 1 fully saturated rings. The molecule has 1 rings (SSSR count). The summed E-state index contributed by atoms with van der Waals surface area (Å²) < 4.78 is 21.0. The molecule has 0 radical (unpaired) electrons. The summed E-state index contributed by atoms with van der Waals surface area (Å²) in [5.74, 6) is -2.02. The Morgan fingerprint density at radius 3 is 2.32 bits per heavy atom. The Hall–Kier alpha value is -2.56. The predicted molar refractivity (Wildman–Crippen MR) is 177 cm³/mol. The molecule has 16 nitrogen and oxygen atoms in total. The van der Waals surface area contributed by atoms with Gasteiger partial charge in [0.15, 0.2) is 0 Å². The number of nitrogens with one attached hydrogen (secondary N) is 3. The van der Waals surface area contributed by atoms with Gasteiger partial charge in [-0.3, -0.25) is 38.2 Å². The number of imide groups is 1. The van der Waals surface area contributed by atoms with E-state index in [-0.39, 0.29) is 67.7 Å². The van der Waals surface area contributed by atoms with E-state index in [1.807, 2.05) is 0 Å². The molecular formula is C29H53N6O10PS. The molecule has 1 aliphatic rings. The van der Waals surface area contributed by atoms with E-state index in [9.17, 15) is 38.2 Å². The quantitative estimate of drug-likeness (QED) is 0.0379. The number of likely N-dealkylation sites (tertiary alicyclic amines) is 1. The fourth-order valence-corrected chi connectivity index (χ4v) is 6.15. The van der Waals surface area contributed by atoms with Crippen molar-refractivity contribution in [2.45, 2.75) is 94.4 Å². The third-order valence-corrected chi connectivity index (χ3v) is 9.16. The average Bonchev–Trinajstić information content (AvgIpc) is 3.27. The van der Waals surface area contributed by atoms with E-state index in [1.54, 1.807) is 7.11 Å². The highest BCUT2D eigenvalue weighted by atomic mass is 32.2. The molecular weight excluding hydrogens is 655 g/mol. The van der Waals surface area contributed by atoms with Crippen molar-refractivity contribution >= 4 is 54.8 Å². The number of methoxy groups -OCH3 is 1. The molecule has 1 heterocycles. The van der Waals surface area contributed by atoms with E-state index in [2.05, 4.69) is 16.0 Å². The summed E-state index contributed by atoms with van der Waals surface area (Å²) in [7, 11) is -1.92. The summed E-state index contributed by atoms with van der Waals surface area (Å²) >= 11 is 1.12. The number of ether oxygens (including phenoxy) is 1. The van der Waals surface area contributed by atoms with Crippen LogP contribution in [0.3, 0.4) is 0 Å². The first-order chi connectivity index (χ1) is 22.2. The Bertz CT molecular complexity index is 1080. The number of nitrogens with two attached hydrogens (primary N) is 2. The molecule has 0 spiro atoms. The molecule has 18 heteroatoms. The van der Waals surface area contributed by atoms with Crippen molar-refractivity contribution in [2.24, 2.45) is 11.5 Å². The van der Waals surface area contributed by atoms with Crippen LogP contribution in [0, 0.1) is 0 Å². The molecule has 0 aromatic heterocycles. The lowest BCUT2D eigenvalue weighted by Crippen LogP contribution is -2.47. The van der Waals surface area contributed by atoms with E-state index >= 15 is 0 Å². The molecule has 0 aromatic carbocycles. The van der Waals surface area contributed by atoms with Crippen LogP contribution in [-0.2, 0) is 42.6 Å². The number of hydrogen-bond acceptors (Lipinski definition) is 11. The smallest absolute Gasteiger partial charge is 0.325 e. The maximum Gasteiger partial charge on any atom is 0.325 e. The molecule has 0 aliphatic carbocycles. The van der Waals surface area contributed by atoms with Gasteiger partial charge in [-0.05, 0) is 51.4 Å². The number of hydrogen-bond donors (Lipinski definition) is 6. The van der Waals surface area contributed by atoms with Crippen molar-refractivity contribution in [3.63, 3.8) is 0 Å². The van der Waals surface area contributed by atoms with Crippen LogP contribution in [0.4, 0.5) is 0 Å². The molecule has 3 unspecified atom stereocenters. The van der Waals surface area contributed by atoms with Gasteiger partial charge in [0.25, 0.3) is 0 Å². The number of unbranched alkanes of at least 4 members (excludes halogenated alkanes) is 4. The number of nitrogens with zero attached hydrogens (tertiary/aromatic N) is 1. The minimum atomic E-state index is -3.54. The first-order valence-electron chi connectivity index (χ1n) is 16.0. The lowest BCUT2D eigenvalue weighted by molar-refractivity contribution is -0.138. The second kappa shape index (κ2) is 23.7. The fourth-order valence-electron chi connectivity index (χ4n) is 4.55. The summed E-state index contributed by atoms with van der Waals surface area (Å²) in [4.78, 5) is 83.9. The number of carbonyl (C=O) groups excluding carboxylic acids is 6. The van der Waals surface area contributed by atoms with E-state index in [4.69, 9.17) is 20.7 Å². The van der Waals surface area contributed by atoms with Gasteiger partial charge in [-0.2, -0.15) is 0 Å². The highest BCUT2D eigenvalue weighted by Crippen LogP contribution is 2.36. The van der Waals surface area contributed by atoms with Crippen LogP contribution in [0.2, 0.25) is 0 Å². The number of primary amides is 1. The SMILES string of the molecule is COCCCCCC(=O)NC(CCCCNC(=O)CCCN1C(=O)CC(SC[C@H](N)C(N)=O)C1=O)C(=O)NCCCCOP(C)(=O)O. The molecule has 47 heavy (non-hydrogen) atoms. The third kappa shape index (κ3) is 19.8. The van der Waals surface area contributed by atoms with Crippen LogP contribution in [0.5, 0.6) is 0 Å². The first kappa shape index (κ1) is 42.5. The standard InChI is InChI=1S/C29H53N6O10PS/c1-44-17-8-3-4-12-25(37)34-22(28(40)33-15-7-9-18-45-46(2,42)43)11-5-6-14-32-24(36)13-10-16-35-26(38)19-23(29(35)41)47-20-21(30)27(31)39/h21-23H,3-20,30H2,1-2H3,(H2,31,39)(H,32,36)(H,33,40)(H,34,37)(H,42,43)/t21-,22?,23?/m0/s1. The summed E-state index contributed by atoms with van der Waals surface area (Å²) in [6, 6.07) is -1.65. The zero-order valence-corrected chi connectivity index (χ0v) is 29.2. The summed E-state index contributed by atoms with van der Waals surface area (Å²) in [6.45, 7) is 2.61. The van der Waals surface area contributed by atoms with Crippen molar-refractivity contribution in [2.75, 3.05) is 52.4 Å². The summed E-state index contributed by atoms with van der Waals surface area (Å²) in [6.07, 6.45) is 5.56. The van der Waals surface area contributed by atoms with Crippen LogP contribution in [0.15, 0.2) is 0 Å². The van der Waals surface area contributed by atoms with E-state index < -0.39 is 30.8 Å². The molecule has 1 saturated heterocycles. The van der Waals surface area contributed by atoms with Crippen LogP contribution < -0.4 is 27.4 Å². The van der Waals surface area contributed by atoms with Crippen LogP contribution >= 0.6 is 19.4 Å². The van der Waals surface area contributed by atoms with Gasteiger partial charge in [0.1, 0.15) is 6.04 Å². The maximum atomic E-state index is 12.8.